The Hall–Kier alpha value is -0.640. The van der Waals surface area contributed by atoms with Gasteiger partial charge in [0.25, 0.3) is 0 Å². The number of thiocarbonyl (C=S) groups is 1. The Morgan fingerprint density at radius 2 is 2.12 bits per heavy atom. The van der Waals surface area contributed by atoms with Gasteiger partial charge in [0.15, 0.2) is 0 Å². The molecular formula is C13H24N2OS. The number of rotatable bonds is 4. The molecule has 0 aromatic rings. The van der Waals surface area contributed by atoms with Crippen LogP contribution in [0, 0.1) is 5.41 Å². The number of piperidine rings is 1. The Morgan fingerprint density at radius 3 is 2.65 bits per heavy atom. The molecule has 1 heterocycles. The summed E-state index contributed by atoms with van der Waals surface area (Å²) in [6.07, 6.45) is 5.63. The summed E-state index contributed by atoms with van der Waals surface area (Å²) in [5, 5.41) is 0. The molecule has 0 aromatic carbocycles. The van der Waals surface area contributed by atoms with Crippen molar-refractivity contribution in [2.45, 2.75) is 58.9 Å². The molecule has 1 amide bonds. The molecule has 0 spiro atoms. The molecule has 0 aromatic heterocycles. The number of hydrogen-bond donors (Lipinski definition) is 1. The fourth-order valence-electron chi connectivity index (χ4n) is 2.37. The van der Waals surface area contributed by atoms with Crippen molar-refractivity contribution in [3.05, 3.63) is 0 Å². The smallest absolute Gasteiger partial charge is 0.235 e. The SMILES string of the molecule is CCCC1CCCCN1C(=O)C(C)(C)C(N)=S. The molecule has 1 rings (SSSR count). The maximum absolute atomic E-state index is 12.5. The van der Waals surface area contributed by atoms with E-state index in [0.29, 0.717) is 11.0 Å². The average Bonchev–Trinajstić information content (AvgIpc) is 2.29. The first-order chi connectivity index (χ1) is 7.91. The van der Waals surface area contributed by atoms with Crippen LogP contribution in [-0.4, -0.2) is 28.4 Å². The fraction of sp³-hybridized carbons (Fsp3) is 0.846. The average molecular weight is 256 g/mol. The minimum atomic E-state index is -0.710. The van der Waals surface area contributed by atoms with Crippen molar-refractivity contribution >= 4 is 23.1 Å². The molecule has 3 nitrogen and oxygen atoms in total. The first kappa shape index (κ1) is 14.4. The van der Waals surface area contributed by atoms with Crippen LogP contribution in [0.2, 0.25) is 0 Å². The first-order valence-electron chi connectivity index (χ1n) is 6.52. The van der Waals surface area contributed by atoms with Crippen molar-refractivity contribution in [2.24, 2.45) is 11.1 Å². The van der Waals surface area contributed by atoms with Crippen LogP contribution in [0.4, 0.5) is 0 Å². The highest BCUT2D eigenvalue weighted by molar-refractivity contribution is 7.80. The molecule has 1 fully saturated rings. The standard InChI is InChI=1S/C13H24N2OS/c1-4-7-10-8-5-6-9-15(10)12(16)13(2,3)11(14)17/h10H,4-9H2,1-3H3,(H2,14,17). The van der Waals surface area contributed by atoms with Gasteiger partial charge in [-0.25, -0.2) is 0 Å². The van der Waals surface area contributed by atoms with Gasteiger partial charge in [-0.1, -0.05) is 25.6 Å². The van der Waals surface area contributed by atoms with E-state index in [1.54, 1.807) is 0 Å². The second-order valence-corrected chi connectivity index (χ2v) is 5.87. The number of likely N-dealkylation sites (tertiary alicyclic amines) is 1. The quantitative estimate of drug-likeness (QED) is 0.786. The van der Waals surface area contributed by atoms with E-state index in [4.69, 9.17) is 18.0 Å². The van der Waals surface area contributed by atoms with Crippen LogP contribution >= 0.6 is 12.2 Å². The van der Waals surface area contributed by atoms with Crippen LogP contribution < -0.4 is 5.73 Å². The number of carbonyl (C=O) groups is 1. The van der Waals surface area contributed by atoms with E-state index in [0.717, 1.165) is 32.2 Å². The lowest BCUT2D eigenvalue weighted by atomic mass is 9.88. The van der Waals surface area contributed by atoms with Crippen molar-refractivity contribution in [1.29, 1.82) is 0 Å². The molecule has 1 aliphatic rings. The lowest BCUT2D eigenvalue weighted by Crippen LogP contribution is -2.52. The number of carbonyl (C=O) groups excluding carboxylic acids is 1. The molecular weight excluding hydrogens is 232 g/mol. The molecule has 1 unspecified atom stereocenters. The Labute approximate surface area is 110 Å². The summed E-state index contributed by atoms with van der Waals surface area (Å²) in [6, 6.07) is 0.384. The molecule has 1 atom stereocenters. The molecule has 0 aliphatic carbocycles. The molecule has 2 N–H and O–H groups in total. The Morgan fingerprint density at radius 1 is 1.47 bits per heavy atom. The topological polar surface area (TPSA) is 46.3 Å². The van der Waals surface area contributed by atoms with E-state index in [2.05, 4.69) is 6.92 Å². The van der Waals surface area contributed by atoms with Gasteiger partial charge in [0, 0.05) is 12.6 Å². The number of amides is 1. The normalized spacial score (nSPS) is 21.4. The number of hydrogen-bond acceptors (Lipinski definition) is 2. The van der Waals surface area contributed by atoms with Crippen molar-refractivity contribution in [3.8, 4) is 0 Å². The second-order valence-electron chi connectivity index (χ2n) is 5.43. The third-order valence-corrected chi connectivity index (χ3v) is 4.17. The van der Waals surface area contributed by atoms with E-state index in [1.165, 1.54) is 6.42 Å². The monoisotopic (exact) mass is 256 g/mol. The molecule has 0 bridgehead atoms. The van der Waals surface area contributed by atoms with Crippen LogP contribution in [0.25, 0.3) is 0 Å². The fourth-order valence-corrected chi connectivity index (χ4v) is 2.45. The van der Waals surface area contributed by atoms with Crippen molar-refractivity contribution in [3.63, 3.8) is 0 Å². The first-order valence-corrected chi connectivity index (χ1v) is 6.93. The minimum Gasteiger partial charge on any atom is -0.392 e. The Bertz CT molecular complexity index is 300. The van der Waals surface area contributed by atoms with Crippen LogP contribution in [0.15, 0.2) is 0 Å². The zero-order valence-electron chi connectivity index (χ0n) is 11.2. The van der Waals surface area contributed by atoms with Crippen molar-refractivity contribution in [2.75, 3.05) is 6.54 Å². The highest BCUT2D eigenvalue weighted by Gasteiger charge is 2.38. The van der Waals surface area contributed by atoms with E-state index in [1.807, 2.05) is 18.7 Å². The van der Waals surface area contributed by atoms with Gasteiger partial charge >= 0.3 is 0 Å². The zero-order chi connectivity index (χ0) is 13.1. The summed E-state index contributed by atoms with van der Waals surface area (Å²) in [7, 11) is 0. The minimum absolute atomic E-state index is 0.100. The third-order valence-electron chi connectivity index (χ3n) is 3.66. The van der Waals surface area contributed by atoms with Gasteiger partial charge in [0.1, 0.15) is 0 Å². The van der Waals surface area contributed by atoms with E-state index in [9.17, 15) is 4.79 Å². The van der Waals surface area contributed by atoms with E-state index < -0.39 is 5.41 Å². The van der Waals surface area contributed by atoms with E-state index in [-0.39, 0.29) is 5.91 Å². The van der Waals surface area contributed by atoms with Gasteiger partial charge < -0.3 is 10.6 Å². The lowest BCUT2D eigenvalue weighted by molar-refractivity contribution is -0.140. The molecule has 17 heavy (non-hydrogen) atoms. The van der Waals surface area contributed by atoms with Gasteiger partial charge in [0.05, 0.1) is 10.4 Å². The second kappa shape index (κ2) is 5.80. The molecule has 0 radical (unpaired) electrons. The third kappa shape index (κ3) is 3.18. The summed E-state index contributed by atoms with van der Waals surface area (Å²) in [5.41, 5.74) is 4.97. The molecule has 98 valence electrons. The lowest BCUT2D eigenvalue weighted by Gasteiger charge is -2.40. The summed E-state index contributed by atoms with van der Waals surface area (Å²) < 4.78 is 0. The number of nitrogens with zero attached hydrogens (tertiary/aromatic N) is 1. The summed E-state index contributed by atoms with van der Waals surface area (Å²) in [4.78, 5) is 14.8. The Kier molecular flexibility index (Phi) is 4.92. The van der Waals surface area contributed by atoms with Gasteiger partial charge in [-0.3, -0.25) is 4.79 Å². The van der Waals surface area contributed by atoms with Gasteiger partial charge in [-0.05, 0) is 39.5 Å². The van der Waals surface area contributed by atoms with Crippen molar-refractivity contribution in [1.82, 2.24) is 4.90 Å². The van der Waals surface area contributed by atoms with Crippen LogP contribution in [0.1, 0.15) is 52.9 Å². The predicted molar refractivity (Wildman–Crippen MR) is 74.8 cm³/mol. The largest absolute Gasteiger partial charge is 0.392 e. The number of nitrogens with two attached hydrogens (primary N) is 1. The van der Waals surface area contributed by atoms with Gasteiger partial charge in [-0.15, -0.1) is 0 Å². The molecule has 0 saturated carbocycles. The van der Waals surface area contributed by atoms with Crippen LogP contribution in [0.3, 0.4) is 0 Å². The summed E-state index contributed by atoms with van der Waals surface area (Å²) >= 11 is 5.01. The van der Waals surface area contributed by atoms with Gasteiger partial charge in [-0.2, -0.15) is 0 Å². The van der Waals surface area contributed by atoms with Crippen molar-refractivity contribution < 1.29 is 4.79 Å². The maximum Gasteiger partial charge on any atom is 0.235 e. The van der Waals surface area contributed by atoms with E-state index >= 15 is 0 Å². The highest BCUT2D eigenvalue weighted by Crippen LogP contribution is 2.27. The Balaban J connectivity index is 2.81. The van der Waals surface area contributed by atoms with Crippen LogP contribution in [0.5, 0.6) is 0 Å². The maximum atomic E-state index is 12.5. The highest BCUT2D eigenvalue weighted by atomic mass is 32.1. The van der Waals surface area contributed by atoms with Gasteiger partial charge in [0.2, 0.25) is 5.91 Å². The molecule has 1 saturated heterocycles. The van der Waals surface area contributed by atoms with Crippen LogP contribution in [-0.2, 0) is 4.79 Å². The molecule has 1 aliphatic heterocycles. The predicted octanol–water partition coefficient (Wildman–Crippen LogP) is 2.48. The summed E-state index contributed by atoms with van der Waals surface area (Å²) in [6.45, 7) is 6.68. The summed E-state index contributed by atoms with van der Waals surface area (Å²) in [5.74, 6) is 0.100. The molecule has 4 heteroatoms. The zero-order valence-corrected chi connectivity index (χ0v) is 12.0.